The summed E-state index contributed by atoms with van der Waals surface area (Å²) in [5.41, 5.74) is 5.94. The van der Waals surface area contributed by atoms with Gasteiger partial charge in [-0.05, 0) is 96.4 Å². The second-order valence-electron chi connectivity index (χ2n) is 9.83. The van der Waals surface area contributed by atoms with Crippen LogP contribution in [0.3, 0.4) is 0 Å². The molecule has 0 aliphatic heterocycles. The summed E-state index contributed by atoms with van der Waals surface area (Å²) in [4.78, 5) is 18.5. The van der Waals surface area contributed by atoms with Crippen molar-refractivity contribution in [3.05, 3.63) is 153 Å². The van der Waals surface area contributed by atoms with E-state index in [4.69, 9.17) is 4.98 Å². The minimum absolute atomic E-state index is 0.155. The van der Waals surface area contributed by atoms with Gasteiger partial charge < -0.3 is 0 Å². The zero-order valence-corrected chi connectivity index (χ0v) is 22.2. The molecule has 0 aliphatic rings. The van der Waals surface area contributed by atoms with Gasteiger partial charge in [-0.25, -0.2) is 9.37 Å². The minimum Gasteiger partial charge on any atom is -0.268 e. The van der Waals surface area contributed by atoms with Gasteiger partial charge in [-0.2, -0.15) is 0 Å². The molecule has 4 heteroatoms. The molecule has 3 nitrogen and oxygen atoms in total. The smallest absolute Gasteiger partial charge is 0.266 e. The predicted octanol–water partition coefficient (Wildman–Crippen LogP) is 7.87. The summed E-state index contributed by atoms with van der Waals surface area (Å²) in [6.45, 7) is 4.06. The van der Waals surface area contributed by atoms with Crippen LogP contribution in [0.4, 0.5) is 4.39 Å². The topological polar surface area (TPSA) is 34.9 Å². The zero-order chi connectivity index (χ0) is 27.6. The van der Waals surface area contributed by atoms with Crippen molar-refractivity contribution >= 4 is 33.8 Å². The van der Waals surface area contributed by atoms with Crippen LogP contribution in [0.2, 0.25) is 0 Å². The van der Waals surface area contributed by atoms with Gasteiger partial charge in [0.25, 0.3) is 5.56 Å². The highest BCUT2D eigenvalue weighted by Crippen LogP contribution is 2.21. The third-order valence-electron chi connectivity index (χ3n) is 6.88. The van der Waals surface area contributed by atoms with Crippen LogP contribution in [-0.4, -0.2) is 9.55 Å². The van der Waals surface area contributed by atoms with E-state index in [0.29, 0.717) is 16.7 Å². The van der Waals surface area contributed by atoms with E-state index in [9.17, 15) is 9.18 Å². The lowest BCUT2D eigenvalue weighted by molar-refractivity contribution is 0.628. The Morgan fingerprint density at radius 2 is 1.45 bits per heavy atom. The van der Waals surface area contributed by atoms with Crippen LogP contribution < -0.4 is 5.56 Å². The Bertz CT molecular complexity index is 2060. The Morgan fingerprint density at radius 1 is 0.750 bits per heavy atom. The van der Waals surface area contributed by atoms with Crippen LogP contribution in [0, 0.1) is 31.5 Å². The molecule has 1 aromatic heterocycles. The lowest BCUT2D eigenvalue weighted by atomic mass is 10.0. The van der Waals surface area contributed by atoms with Gasteiger partial charge in [0.05, 0.1) is 16.6 Å². The average Bonchev–Trinajstić information content (AvgIpc) is 2.96. The van der Waals surface area contributed by atoms with Crippen LogP contribution in [0.15, 0.2) is 108 Å². The van der Waals surface area contributed by atoms with E-state index >= 15 is 0 Å². The number of benzene rings is 5. The van der Waals surface area contributed by atoms with Crippen molar-refractivity contribution in [3.63, 3.8) is 0 Å². The zero-order valence-electron chi connectivity index (χ0n) is 22.2. The lowest BCUT2D eigenvalue weighted by Crippen LogP contribution is -2.23. The van der Waals surface area contributed by atoms with Gasteiger partial charge in [0, 0.05) is 11.1 Å². The van der Waals surface area contributed by atoms with Crippen LogP contribution in [0.1, 0.15) is 33.6 Å². The molecule has 0 amide bonds. The average molecular weight is 521 g/mol. The maximum atomic E-state index is 13.7. The first-order valence-electron chi connectivity index (χ1n) is 13.0. The van der Waals surface area contributed by atoms with Crippen molar-refractivity contribution < 1.29 is 4.39 Å². The van der Waals surface area contributed by atoms with Crippen molar-refractivity contribution in [2.75, 3.05) is 0 Å². The van der Waals surface area contributed by atoms with E-state index in [1.807, 2.05) is 55.5 Å². The summed E-state index contributed by atoms with van der Waals surface area (Å²) in [7, 11) is 0. The molecule has 6 aromatic rings. The number of rotatable bonds is 3. The molecule has 0 aliphatic carbocycles. The standard InChI is InChI=1S/C36H25FN2O/c1-24-7-15-30-23-28(10-16-29(30)21-24)9-8-27-13-19-34(25(2)22-27)39-35(20-14-26-11-17-31(37)18-12-26)38-33-6-4-3-5-32(33)36(39)40/h3-7,10-23H,1-2H3/b20-14+. The second-order valence-corrected chi connectivity index (χ2v) is 9.83. The summed E-state index contributed by atoms with van der Waals surface area (Å²) >= 11 is 0. The number of nitrogens with zero attached hydrogens (tertiary/aromatic N) is 2. The van der Waals surface area contributed by atoms with Gasteiger partial charge in [0.15, 0.2) is 0 Å². The summed E-state index contributed by atoms with van der Waals surface area (Å²) in [5.74, 6) is 6.73. The molecule has 0 spiro atoms. The Morgan fingerprint density at radius 3 is 2.25 bits per heavy atom. The molecular formula is C36H25FN2O. The van der Waals surface area contributed by atoms with Gasteiger partial charge in [0.2, 0.25) is 0 Å². The SMILES string of the molecule is Cc1ccc2cc(C#Cc3ccc(-n4c(/C=C/c5ccc(F)cc5)nc5ccccc5c4=O)c(C)c3)ccc2c1. The summed E-state index contributed by atoms with van der Waals surface area (Å²) in [5, 5.41) is 2.90. The van der Waals surface area contributed by atoms with Gasteiger partial charge in [0.1, 0.15) is 11.6 Å². The van der Waals surface area contributed by atoms with Gasteiger partial charge in [-0.1, -0.05) is 72.0 Å². The minimum atomic E-state index is -0.299. The Kier molecular flexibility index (Phi) is 6.56. The number of fused-ring (bicyclic) bond motifs is 2. The van der Waals surface area contributed by atoms with Crippen LogP contribution >= 0.6 is 0 Å². The molecule has 0 fully saturated rings. The van der Waals surface area contributed by atoms with E-state index in [0.717, 1.165) is 33.3 Å². The third-order valence-corrected chi connectivity index (χ3v) is 6.88. The van der Waals surface area contributed by atoms with E-state index in [-0.39, 0.29) is 11.4 Å². The highest BCUT2D eigenvalue weighted by Gasteiger charge is 2.13. The summed E-state index contributed by atoms with van der Waals surface area (Å²) in [6, 6.07) is 32.0. The van der Waals surface area contributed by atoms with Crippen molar-refractivity contribution in [2.24, 2.45) is 0 Å². The molecule has 0 N–H and O–H groups in total. The highest BCUT2D eigenvalue weighted by molar-refractivity contribution is 5.84. The maximum Gasteiger partial charge on any atom is 0.266 e. The first-order valence-corrected chi connectivity index (χ1v) is 13.0. The molecule has 0 radical (unpaired) electrons. The Hall–Kier alpha value is -5.27. The number of aryl methyl sites for hydroxylation is 2. The number of hydrogen-bond acceptors (Lipinski definition) is 2. The Labute approximate surface area is 231 Å². The maximum absolute atomic E-state index is 13.7. The van der Waals surface area contributed by atoms with E-state index in [2.05, 4.69) is 49.1 Å². The molecule has 0 atom stereocenters. The fourth-order valence-corrected chi connectivity index (χ4v) is 4.81. The molecule has 0 saturated carbocycles. The molecule has 0 saturated heterocycles. The molecule has 6 rings (SSSR count). The monoisotopic (exact) mass is 520 g/mol. The van der Waals surface area contributed by atoms with E-state index in [1.165, 1.54) is 23.1 Å². The highest BCUT2D eigenvalue weighted by atomic mass is 19.1. The molecule has 1 heterocycles. The quantitative estimate of drug-likeness (QED) is 0.223. The predicted molar refractivity (Wildman–Crippen MR) is 162 cm³/mol. The third kappa shape index (κ3) is 5.06. The Balaban J connectivity index is 1.40. The van der Waals surface area contributed by atoms with Crippen LogP contribution in [0.5, 0.6) is 0 Å². The second kappa shape index (κ2) is 10.5. The largest absolute Gasteiger partial charge is 0.268 e. The van der Waals surface area contributed by atoms with E-state index < -0.39 is 0 Å². The number of halogens is 1. The molecule has 5 aromatic carbocycles. The molecular weight excluding hydrogens is 495 g/mol. The number of aromatic nitrogens is 2. The first-order chi connectivity index (χ1) is 19.4. The van der Waals surface area contributed by atoms with Crippen molar-refractivity contribution in [1.29, 1.82) is 0 Å². The fraction of sp³-hybridized carbons (Fsp3) is 0.0556. The van der Waals surface area contributed by atoms with Gasteiger partial charge in [-0.15, -0.1) is 0 Å². The van der Waals surface area contributed by atoms with E-state index in [1.54, 1.807) is 28.8 Å². The molecule has 0 bridgehead atoms. The summed E-state index contributed by atoms with van der Waals surface area (Å²) < 4.78 is 15.0. The lowest BCUT2D eigenvalue weighted by Gasteiger charge is -2.14. The molecule has 40 heavy (non-hydrogen) atoms. The van der Waals surface area contributed by atoms with Crippen molar-refractivity contribution in [2.45, 2.75) is 13.8 Å². The van der Waals surface area contributed by atoms with Crippen LogP contribution in [-0.2, 0) is 0 Å². The number of para-hydroxylation sites is 1. The normalized spacial score (nSPS) is 11.2. The number of hydrogen-bond donors (Lipinski definition) is 0. The first kappa shape index (κ1) is 25.0. The van der Waals surface area contributed by atoms with Gasteiger partial charge >= 0.3 is 0 Å². The van der Waals surface area contributed by atoms with Crippen molar-refractivity contribution in [3.8, 4) is 17.5 Å². The van der Waals surface area contributed by atoms with Crippen LogP contribution in [0.25, 0.3) is 39.5 Å². The molecule has 192 valence electrons. The van der Waals surface area contributed by atoms with Crippen molar-refractivity contribution in [1.82, 2.24) is 9.55 Å². The van der Waals surface area contributed by atoms with Gasteiger partial charge in [-0.3, -0.25) is 9.36 Å². The summed E-state index contributed by atoms with van der Waals surface area (Å²) in [6.07, 6.45) is 3.61. The molecule has 0 unspecified atom stereocenters. The fourth-order valence-electron chi connectivity index (χ4n) is 4.81.